The first kappa shape index (κ1) is 13.8. The van der Waals surface area contributed by atoms with E-state index >= 15 is 0 Å². The van der Waals surface area contributed by atoms with Crippen LogP contribution in [-0.2, 0) is 5.54 Å². The van der Waals surface area contributed by atoms with Crippen LogP contribution in [0.25, 0.3) is 11.0 Å². The molecule has 0 saturated heterocycles. The van der Waals surface area contributed by atoms with Gasteiger partial charge in [-0.15, -0.1) is 0 Å². The predicted octanol–water partition coefficient (Wildman–Crippen LogP) is 3.77. The van der Waals surface area contributed by atoms with Gasteiger partial charge in [-0.25, -0.2) is 9.97 Å². The van der Waals surface area contributed by atoms with Gasteiger partial charge in [0.1, 0.15) is 12.0 Å². The van der Waals surface area contributed by atoms with Crippen LogP contribution in [0.2, 0.25) is 5.02 Å². The Morgan fingerprint density at radius 1 is 1.15 bits per heavy atom. The fourth-order valence-electron chi connectivity index (χ4n) is 3.40. The van der Waals surface area contributed by atoms with Crippen molar-refractivity contribution in [2.75, 3.05) is 7.05 Å². The highest BCUT2D eigenvalue weighted by Crippen LogP contribution is 2.38. The predicted molar refractivity (Wildman–Crippen MR) is 82.0 cm³/mol. The highest BCUT2D eigenvalue weighted by molar-refractivity contribution is 6.35. The number of halogens is 1. The van der Waals surface area contributed by atoms with E-state index in [4.69, 9.17) is 11.6 Å². The van der Waals surface area contributed by atoms with E-state index in [1.807, 2.05) is 7.05 Å². The molecule has 0 aliphatic heterocycles. The van der Waals surface area contributed by atoms with E-state index in [1.54, 1.807) is 12.5 Å². The maximum Gasteiger partial charge on any atom is 0.142 e. The summed E-state index contributed by atoms with van der Waals surface area (Å²) in [5.74, 6) is 0. The first-order chi connectivity index (χ1) is 9.77. The molecule has 0 unspecified atom stereocenters. The summed E-state index contributed by atoms with van der Waals surface area (Å²) in [5.41, 5.74) is 1.81. The molecule has 2 aromatic heterocycles. The molecule has 3 rings (SSSR count). The zero-order chi connectivity index (χ0) is 14.0. The van der Waals surface area contributed by atoms with Crippen LogP contribution in [0.1, 0.15) is 50.6 Å². The maximum absolute atomic E-state index is 6.35. The van der Waals surface area contributed by atoms with Crippen molar-refractivity contribution in [2.45, 2.75) is 50.5 Å². The molecule has 2 aromatic rings. The third-order valence-corrected chi connectivity index (χ3v) is 4.86. The largest absolute Gasteiger partial charge is 0.344 e. The van der Waals surface area contributed by atoms with E-state index in [1.165, 1.54) is 32.1 Å². The van der Waals surface area contributed by atoms with Crippen molar-refractivity contribution >= 4 is 22.6 Å². The van der Waals surface area contributed by atoms with Crippen molar-refractivity contribution in [1.29, 1.82) is 0 Å². The van der Waals surface area contributed by atoms with Gasteiger partial charge in [-0.05, 0) is 19.9 Å². The number of rotatable bonds is 2. The van der Waals surface area contributed by atoms with Crippen LogP contribution in [0.15, 0.2) is 12.5 Å². The van der Waals surface area contributed by atoms with Crippen molar-refractivity contribution in [3.63, 3.8) is 0 Å². The molecule has 0 radical (unpaired) electrons. The Labute approximate surface area is 124 Å². The summed E-state index contributed by atoms with van der Waals surface area (Å²) in [6.07, 6.45) is 12.1. The molecule has 1 aliphatic rings. The van der Waals surface area contributed by atoms with Crippen LogP contribution in [0.4, 0.5) is 0 Å². The lowest BCUT2D eigenvalue weighted by Gasteiger charge is -2.35. The Kier molecular flexibility index (Phi) is 3.94. The number of nitrogens with one attached hydrogen (secondary N) is 2. The van der Waals surface area contributed by atoms with Crippen LogP contribution in [0, 0.1) is 0 Å². The zero-order valence-electron chi connectivity index (χ0n) is 11.9. The molecule has 0 amide bonds. The zero-order valence-corrected chi connectivity index (χ0v) is 12.6. The molecule has 2 N–H and O–H groups in total. The Bertz CT molecular complexity index is 585. The maximum atomic E-state index is 6.35. The van der Waals surface area contributed by atoms with Crippen molar-refractivity contribution < 1.29 is 0 Å². The quantitative estimate of drug-likeness (QED) is 0.886. The van der Waals surface area contributed by atoms with Crippen molar-refractivity contribution in [3.8, 4) is 0 Å². The van der Waals surface area contributed by atoms with Crippen molar-refractivity contribution in [1.82, 2.24) is 20.3 Å². The summed E-state index contributed by atoms with van der Waals surface area (Å²) in [6.45, 7) is 0. The summed E-state index contributed by atoms with van der Waals surface area (Å²) in [4.78, 5) is 12.0. The number of hydrogen-bond donors (Lipinski definition) is 2. The van der Waals surface area contributed by atoms with E-state index in [9.17, 15) is 0 Å². The number of H-pyrrole nitrogens is 1. The lowest BCUT2D eigenvalue weighted by Crippen LogP contribution is -2.41. The molecule has 0 bridgehead atoms. The minimum Gasteiger partial charge on any atom is -0.344 e. The van der Waals surface area contributed by atoms with Gasteiger partial charge in [-0.2, -0.15) is 0 Å². The minimum atomic E-state index is -0.0759. The van der Waals surface area contributed by atoms with Gasteiger partial charge in [0.05, 0.1) is 21.6 Å². The second-order valence-electron chi connectivity index (χ2n) is 5.68. The van der Waals surface area contributed by atoms with Gasteiger partial charge in [0, 0.05) is 6.20 Å². The smallest absolute Gasteiger partial charge is 0.142 e. The van der Waals surface area contributed by atoms with Gasteiger partial charge >= 0.3 is 0 Å². The SMILES string of the molecule is CNC1(c2ncnc3[nH]cc(Cl)c23)CCCCCCC1. The topological polar surface area (TPSA) is 53.6 Å². The van der Waals surface area contributed by atoms with Crippen LogP contribution in [-0.4, -0.2) is 22.0 Å². The first-order valence-corrected chi connectivity index (χ1v) is 7.82. The first-order valence-electron chi connectivity index (χ1n) is 7.44. The van der Waals surface area contributed by atoms with Gasteiger partial charge in [-0.3, -0.25) is 0 Å². The highest BCUT2D eigenvalue weighted by Gasteiger charge is 2.34. The van der Waals surface area contributed by atoms with E-state index in [-0.39, 0.29) is 5.54 Å². The molecule has 1 saturated carbocycles. The number of nitrogens with zero attached hydrogens (tertiary/aromatic N) is 2. The standard InChI is InChI=1S/C15H21ClN4/c1-17-15(7-5-3-2-4-6-8-15)13-12-11(16)9-18-14(12)20-10-19-13/h9-10,17H,2-8H2,1H3,(H,18,19,20). The average molecular weight is 293 g/mol. The third-order valence-electron chi connectivity index (χ3n) is 4.56. The van der Waals surface area contributed by atoms with Crippen LogP contribution >= 0.6 is 11.6 Å². The van der Waals surface area contributed by atoms with E-state index in [0.717, 1.165) is 29.6 Å². The Hall–Kier alpha value is -1.13. The second-order valence-corrected chi connectivity index (χ2v) is 6.09. The molecule has 108 valence electrons. The van der Waals surface area contributed by atoms with Crippen LogP contribution in [0.5, 0.6) is 0 Å². The normalized spacial score (nSPS) is 19.7. The minimum absolute atomic E-state index is 0.0759. The van der Waals surface area contributed by atoms with Crippen LogP contribution < -0.4 is 5.32 Å². The van der Waals surface area contributed by atoms with Crippen LogP contribution in [0.3, 0.4) is 0 Å². The van der Waals surface area contributed by atoms with E-state index < -0.39 is 0 Å². The fraction of sp³-hybridized carbons (Fsp3) is 0.600. The van der Waals surface area contributed by atoms with E-state index in [0.29, 0.717) is 5.02 Å². The summed E-state index contributed by atoms with van der Waals surface area (Å²) < 4.78 is 0. The molecule has 20 heavy (non-hydrogen) atoms. The molecule has 0 spiro atoms. The summed E-state index contributed by atoms with van der Waals surface area (Å²) in [6, 6.07) is 0. The van der Waals surface area contributed by atoms with Gasteiger partial charge < -0.3 is 10.3 Å². The van der Waals surface area contributed by atoms with Gasteiger partial charge in [-0.1, -0.05) is 43.7 Å². The monoisotopic (exact) mass is 292 g/mol. The average Bonchev–Trinajstić information content (AvgIpc) is 2.82. The molecule has 5 heteroatoms. The number of aromatic amines is 1. The Morgan fingerprint density at radius 3 is 2.55 bits per heavy atom. The summed E-state index contributed by atoms with van der Waals surface area (Å²) >= 11 is 6.35. The fourth-order valence-corrected chi connectivity index (χ4v) is 3.64. The molecule has 1 fully saturated rings. The molecule has 1 aliphatic carbocycles. The lowest BCUT2D eigenvalue weighted by atomic mass is 9.80. The second kappa shape index (κ2) is 5.70. The summed E-state index contributed by atoms with van der Waals surface area (Å²) in [5, 5.41) is 5.24. The number of hydrogen-bond acceptors (Lipinski definition) is 3. The molecule has 0 atom stereocenters. The van der Waals surface area contributed by atoms with Gasteiger partial charge in [0.15, 0.2) is 0 Å². The lowest BCUT2D eigenvalue weighted by molar-refractivity contribution is 0.265. The number of fused-ring (bicyclic) bond motifs is 1. The highest BCUT2D eigenvalue weighted by atomic mass is 35.5. The molecular weight excluding hydrogens is 272 g/mol. The van der Waals surface area contributed by atoms with Gasteiger partial charge in [0.25, 0.3) is 0 Å². The van der Waals surface area contributed by atoms with E-state index in [2.05, 4.69) is 20.3 Å². The molecule has 4 nitrogen and oxygen atoms in total. The molecule has 0 aromatic carbocycles. The van der Waals surface area contributed by atoms with Crippen molar-refractivity contribution in [3.05, 3.63) is 23.2 Å². The third kappa shape index (κ3) is 2.31. The molecular formula is C15H21ClN4. The van der Waals surface area contributed by atoms with Gasteiger partial charge in [0.2, 0.25) is 0 Å². The Morgan fingerprint density at radius 2 is 1.85 bits per heavy atom. The number of aromatic nitrogens is 3. The van der Waals surface area contributed by atoms with Crippen molar-refractivity contribution in [2.24, 2.45) is 0 Å². The summed E-state index contributed by atoms with van der Waals surface area (Å²) in [7, 11) is 2.04. The Balaban J connectivity index is 2.11. The molecule has 2 heterocycles.